The van der Waals surface area contributed by atoms with Crippen LogP contribution >= 0.6 is 0 Å². The van der Waals surface area contributed by atoms with E-state index in [1.807, 2.05) is 13.1 Å². The zero-order valence-corrected chi connectivity index (χ0v) is 14.5. The van der Waals surface area contributed by atoms with Crippen LogP contribution in [0.5, 0.6) is 0 Å². The first-order valence-corrected chi connectivity index (χ1v) is 7.48. The SMILES string of the molecule is CNc1cc(NCC(C)(C)CCOC)nc(C(C)(C)C)n1. The number of methoxy groups -OCH3 is 1. The Morgan fingerprint density at radius 1 is 1.10 bits per heavy atom. The molecule has 0 atom stereocenters. The number of ether oxygens (including phenoxy) is 1. The smallest absolute Gasteiger partial charge is 0.138 e. The molecule has 120 valence electrons. The predicted octanol–water partition coefficient (Wildman–Crippen LogP) is 3.29. The summed E-state index contributed by atoms with van der Waals surface area (Å²) in [6.45, 7) is 12.4. The fourth-order valence-electron chi connectivity index (χ4n) is 1.80. The number of hydrogen-bond acceptors (Lipinski definition) is 5. The summed E-state index contributed by atoms with van der Waals surface area (Å²) in [6.07, 6.45) is 1.01. The zero-order chi connectivity index (χ0) is 16.1. The fraction of sp³-hybridized carbons (Fsp3) is 0.750. The number of hydrogen-bond donors (Lipinski definition) is 2. The van der Waals surface area contributed by atoms with Crippen molar-refractivity contribution in [2.75, 3.05) is 37.9 Å². The van der Waals surface area contributed by atoms with E-state index in [0.717, 1.165) is 37.0 Å². The summed E-state index contributed by atoms with van der Waals surface area (Å²) >= 11 is 0. The maximum absolute atomic E-state index is 5.17. The second kappa shape index (κ2) is 7.07. The van der Waals surface area contributed by atoms with Crippen molar-refractivity contribution in [1.82, 2.24) is 9.97 Å². The highest BCUT2D eigenvalue weighted by molar-refractivity contribution is 5.48. The van der Waals surface area contributed by atoms with Crippen molar-refractivity contribution in [2.45, 2.75) is 46.5 Å². The van der Waals surface area contributed by atoms with Gasteiger partial charge in [0.05, 0.1) is 0 Å². The minimum absolute atomic E-state index is 0.0745. The van der Waals surface area contributed by atoms with E-state index in [1.54, 1.807) is 7.11 Å². The summed E-state index contributed by atoms with van der Waals surface area (Å²) < 4.78 is 5.17. The number of aromatic nitrogens is 2. The van der Waals surface area contributed by atoms with Crippen LogP contribution in [0.15, 0.2) is 6.07 Å². The lowest BCUT2D eigenvalue weighted by molar-refractivity contribution is 0.157. The van der Waals surface area contributed by atoms with Crippen LogP contribution in [0.25, 0.3) is 0 Å². The molecule has 1 rings (SSSR count). The maximum Gasteiger partial charge on any atom is 0.138 e. The maximum atomic E-state index is 5.17. The molecule has 5 heteroatoms. The lowest BCUT2D eigenvalue weighted by atomic mass is 9.90. The van der Waals surface area contributed by atoms with E-state index in [4.69, 9.17) is 4.74 Å². The summed E-state index contributed by atoms with van der Waals surface area (Å²) in [5.41, 5.74) is 0.0809. The predicted molar refractivity (Wildman–Crippen MR) is 89.0 cm³/mol. The molecule has 2 N–H and O–H groups in total. The Labute approximate surface area is 128 Å². The van der Waals surface area contributed by atoms with Crippen molar-refractivity contribution in [3.8, 4) is 0 Å². The molecule has 0 saturated heterocycles. The van der Waals surface area contributed by atoms with Gasteiger partial charge in [-0.3, -0.25) is 0 Å². The minimum Gasteiger partial charge on any atom is -0.385 e. The highest BCUT2D eigenvalue weighted by Crippen LogP contribution is 2.24. The van der Waals surface area contributed by atoms with E-state index in [0.29, 0.717) is 0 Å². The van der Waals surface area contributed by atoms with E-state index < -0.39 is 0 Å². The first-order valence-electron chi connectivity index (χ1n) is 7.48. The topological polar surface area (TPSA) is 59.1 Å². The van der Waals surface area contributed by atoms with Crippen LogP contribution in [0.4, 0.5) is 11.6 Å². The Morgan fingerprint density at radius 2 is 1.71 bits per heavy atom. The molecule has 1 aromatic rings. The van der Waals surface area contributed by atoms with Crippen molar-refractivity contribution in [3.63, 3.8) is 0 Å². The van der Waals surface area contributed by atoms with E-state index in [1.165, 1.54) is 0 Å². The molecule has 5 nitrogen and oxygen atoms in total. The molecule has 0 fully saturated rings. The minimum atomic E-state index is -0.0745. The van der Waals surface area contributed by atoms with Crippen molar-refractivity contribution >= 4 is 11.6 Å². The van der Waals surface area contributed by atoms with Crippen LogP contribution < -0.4 is 10.6 Å². The van der Waals surface area contributed by atoms with Gasteiger partial charge < -0.3 is 15.4 Å². The summed E-state index contributed by atoms with van der Waals surface area (Å²) in [5.74, 6) is 2.54. The van der Waals surface area contributed by atoms with Crippen molar-refractivity contribution in [3.05, 3.63) is 11.9 Å². The monoisotopic (exact) mass is 294 g/mol. The van der Waals surface area contributed by atoms with Gasteiger partial charge in [0.25, 0.3) is 0 Å². The standard InChI is InChI=1S/C16H30N4O/c1-15(2,3)14-19-12(17-6)10-13(20-14)18-11-16(4,5)8-9-21-7/h10H,8-9,11H2,1-7H3,(H2,17,18,19,20). The Kier molecular flexibility index (Phi) is 5.96. The first kappa shape index (κ1) is 17.7. The Bertz CT molecular complexity index is 452. The third-order valence-corrected chi connectivity index (χ3v) is 3.38. The third kappa shape index (κ3) is 5.87. The van der Waals surface area contributed by atoms with Gasteiger partial charge in [-0.05, 0) is 11.8 Å². The normalized spacial score (nSPS) is 12.3. The number of anilines is 2. The van der Waals surface area contributed by atoms with Gasteiger partial charge in [-0.25, -0.2) is 9.97 Å². The van der Waals surface area contributed by atoms with Crippen molar-refractivity contribution in [2.24, 2.45) is 5.41 Å². The number of nitrogens with one attached hydrogen (secondary N) is 2. The van der Waals surface area contributed by atoms with Crippen LogP contribution in [-0.4, -0.2) is 37.3 Å². The van der Waals surface area contributed by atoms with Crippen molar-refractivity contribution < 1.29 is 4.74 Å². The number of nitrogens with zero attached hydrogens (tertiary/aromatic N) is 2. The van der Waals surface area contributed by atoms with Crippen LogP contribution in [0, 0.1) is 5.41 Å². The molecule has 0 aliphatic rings. The van der Waals surface area contributed by atoms with Gasteiger partial charge in [-0.15, -0.1) is 0 Å². The molecule has 0 radical (unpaired) electrons. The number of rotatable bonds is 7. The first-order chi connectivity index (χ1) is 9.68. The molecule has 0 bridgehead atoms. The molecule has 0 spiro atoms. The molecule has 21 heavy (non-hydrogen) atoms. The highest BCUT2D eigenvalue weighted by atomic mass is 16.5. The molecular weight excluding hydrogens is 264 g/mol. The molecular formula is C16H30N4O. The van der Waals surface area contributed by atoms with E-state index in [9.17, 15) is 0 Å². The summed E-state index contributed by atoms with van der Waals surface area (Å²) in [6, 6.07) is 1.95. The van der Waals surface area contributed by atoms with Crippen LogP contribution in [-0.2, 0) is 10.2 Å². The van der Waals surface area contributed by atoms with E-state index >= 15 is 0 Å². The van der Waals surface area contributed by atoms with Gasteiger partial charge in [0.1, 0.15) is 17.5 Å². The molecule has 0 saturated carbocycles. The molecule has 0 aliphatic carbocycles. The van der Waals surface area contributed by atoms with Gasteiger partial charge in [-0.2, -0.15) is 0 Å². The van der Waals surface area contributed by atoms with Crippen molar-refractivity contribution in [1.29, 1.82) is 0 Å². The summed E-state index contributed by atoms with van der Waals surface area (Å²) in [5, 5.41) is 6.53. The van der Waals surface area contributed by atoms with E-state index in [-0.39, 0.29) is 10.8 Å². The fourth-order valence-corrected chi connectivity index (χ4v) is 1.80. The second-order valence-electron chi connectivity index (χ2n) is 7.22. The van der Waals surface area contributed by atoms with E-state index in [2.05, 4.69) is 55.2 Å². The molecule has 0 amide bonds. The van der Waals surface area contributed by atoms with Gasteiger partial charge in [-0.1, -0.05) is 34.6 Å². The molecule has 0 unspecified atom stereocenters. The third-order valence-electron chi connectivity index (χ3n) is 3.38. The molecule has 0 aromatic carbocycles. The molecule has 1 heterocycles. The average molecular weight is 294 g/mol. The quantitative estimate of drug-likeness (QED) is 0.808. The van der Waals surface area contributed by atoms with Crippen LogP contribution in [0.2, 0.25) is 0 Å². The lowest BCUT2D eigenvalue weighted by Gasteiger charge is -2.25. The Morgan fingerprint density at radius 3 is 2.24 bits per heavy atom. The van der Waals surface area contributed by atoms with Gasteiger partial charge in [0.15, 0.2) is 0 Å². The van der Waals surface area contributed by atoms with Gasteiger partial charge >= 0.3 is 0 Å². The Hall–Kier alpha value is -1.36. The molecule has 1 aromatic heterocycles. The largest absolute Gasteiger partial charge is 0.385 e. The average Bonchev–Trinajstić information content (AvgIpc) is 2.42. The summed E-state index contributed by atoms with van der Waals surface area (Å²) in [4.78, 5) is 9.18. The molecule has 0 aliphatic heterocycles. The Balaban J connectivity index is 2.83. The van der Waals surface area contributed by atoms with Gasteiger partial charge in [0, 0.05) is 38.8 Å². The van der Waals surface area contributed by atoms with Gasteiger partial charge in [0.2, 0.25) is 0 Å². The second-order valence-corrected chi connectivity index (χ2v) is 7.22. The van der Waals surface area contributed by atoms with Crippen LogP contribution in [0.1, 0.15) is 46.9 Å². The lowest BCUT2D eigenvalue weighted by Crippen LogP contribution is -2.26. The highest BCUT2D eigenvalue weighted by Gasteiger charge is 2.21. The summed E-state index contributed by atoms with van der Waals surface area (Å²) in [7, 11) is 3.61. The van der Waals surface area contributed by atoms with Crippen LogP contribution in [0.3, 0.4) is 0 Å². The zero-order valence-electron chi connectivity index (χ0n) is 14.5.